The first-order valence-electron chi connectivity index (χ1n) is 7.39. The van der Waals surface area contributed by atoms with Crippen LogP contribution in [0.1, 0.15) is 50.5 Å². The fourth-order valence-electron chi connectivity index (χ4n) is 2.65. The van der Waals surface area contributed by atoms with E-state index in [4.69, 9.17) is 0 Å². The van der Waals surface area contributed by atoms with Gasteiger partial charge in [0.2, 0.25) is 0 Å². The highest BCUT2D eigenvalue weighted by Crippen LogP contribution is 2.33. The van der Waals surface area contributed by atoms with Crippen LogP contribution in [0.4, 0.5) is 0 Å². The van der Waals surface area contributed by atoms with Gasteiger partial charge < -0.3 is 5.32 Å². The highest BCUT2D eigenvalue weighted by molar-refractivity contribution is 8.00. The topological polar surface area (TPSA) is 12.0 Å². The largest absolute Gasteiger partial charge is 0.310 e. The van der Waals surface area contributed by atoms with Crippen LogP contribution in [0.3, 0.4) is 0 Å². The van der Waals surface area contributed by atoms with Crippen LogP contribution in [0.5, 0.6) is 0 Å². The van der Waals surface area contributed by atoms with Crippen molar-refractivity contribution in [2.45, 2.75) is 67.7 Å². The molecule has 1 nitrogen and oxygen atoms in total. The average Bonchev–Trinajstić information content (AvgIpc) is 3.22. The highest BCUT2D eigenvalue weighted by Gasteiger charge is 2.20. The van der Waals surface area contributed by atoms with E-state index in [2.05, 4.69) is 41.3 Å². The van der Waals surface area contributed by atoms with Crippen molar-refractivity contribution in [1.82, 2.24) is 5.32 Å². The van der Waals surface area contributed by atoms with E-state index in [9.17, 15) is 0 Å². The highest BCUT2D eigenvalue weighted by atomic mass is 32.2. The van der Waals surface area contributed by atoms with Crippen molar-refractivity contribution < 1.29 is 0 Å². The SMILES string of the molecule is c1cc(CNC2CC2)cc(SC2CCCCC2)c1. The fourth-order valence-corrected chi connectivity index (χ4v) is 3.98. The summed E-state index contributed by atoms with van der Waals surface area (Å²) in [5.41, 5.74) is 1.45. The van der Waals surface area contributed by atoms with Crippen molar-refractivity contribution in [3.8, 4) is 0 Å². The van der Waals surface area contributed by atoms with Gasteiger partial charge in [-0.3, -0.25) is 0 Å². The van der Waals surface area contributed by atoms with Crippen LogP contribution >= 0.6 is 11.8 Å². The summed E-state index contributed by atoms with van der Waals surface area (Å²) in [6, 6.07) is 9.93. The first kappa shape index (κ1) is 12.6. The van der Waals surface area contributed by atoms with Crippen LogP contribution < -0.4 is 5.32 Å². The van der Waals surface area contributed by atoms with Crippen LogP contribution in [-0.2, 0) is 6.54 Å². The minimum atomic E-state index is 0.805. The van der Waals surface area contributed by atoms with Gasteiger partial charge in [-0.15, -0.1) is 11.8 Å². The monoisotopic (exact) mass is 261 g/mol. The molecule has 0 amide bonds. The Bertz CT molecular complexity index is 380. The molecule has 0 unspecified atom stereocenters. The summed E-state index contributed by atoms with van der Waals surface area (Å²) in [7, 11) is 0. The molecule has 0 aliphatic heterocycles. The number of nitrogens with one attached hydrogen (secondary N) is 1. The quantitative estimate of drug-likeness (QED) is 0.845. The lowest BCUT2D eigenvalue weighted by Gasteiger charge is -2.21. The third kappa shape index (κ3) is 3.76. The van der Waals surface area contributed by atoms with Crippen LogP contribution in [0.25, 0.3) is 0 Å². The van der Waals surface area contributed by atoms with Gasteiger partial charge in [-0.05, 0) is 43.4 Å². The predicted octanol–water partition coefficient (Wildman–Crippen LogP) is 4.36. The first-order chi connectivity index (χ1) is 8.90. The smallest absolute Gasteiger partial charge is 0.0208 e. The number of rotatable bonds is 5. The Morgan fingerprint density at radius 1 is 1.06 bits per heavy atom. The molecule has 0 heterocycles. The molecule has 2 aliphatic rings. The molecule has 98 valence electrons. The molecule has 0 saturated heterocycles. The molecule has 1 N–H and O–H groups in total. The van der Waals surface area contributed by atoms with E-state index in [1.807, 2.05) is 0 Å². The maximum absolute atomic E-state index is 3.59. The molecule has 1 aromatic rings. The minimum absolute atomic E-state index is 0.805. The summed E-state index contributed by atoms with van der Waals surface area (Å²) in [6.45, 7) is 1.05. The van der Waals surface area contributed by atoms with Gasteiger partial charge in [0.1, 0.15) is 0 Å². The van der Waals surface area contributed by atoms with Gasteiger partial charge in [-0.25, -0.2) is 0 Å². The van der Waals surface area contributed by atoms with E-state index in [-0.39, 0.29) is 0 Å². The van der Waals surface area contributed by atoms with Gasteiger partial charge >= 0.3 is 0 Å². The van der Waals surface area contributed by atoms with Crippen molar-refractivity contribution in [1.29, 1.82) is 0 Å². The zero-order valence-electron chi connectivity index (χ0n) is 11.0. The van der Waals surface area contributed by atoms with E-state index in [0.29, 0.717) is 0 Å². The fraction of sp³-hybridized carbons (Fsp3) is 0.625. The average molecular weight is 261 g/mol. The van der Waals surface area contributed by atoms with E-state index < -0.39 is 0 Å². The third-order valence-corrected chi connectivity index (χ3v) is 5.26. The second-order valence-electron chi connectivity index (χ2n) is 5.68. The molecule has 2 fully saturated rings. The zero-order chi connectivity index (χ0) is 12.2. The summed E-state index contributed by atoms with van der Waals surface area (Å²) in [5.74, 6) is 0. The molecule has 1 aromatic carbocycles. The molecule has 2 heteroatoms. The van der Waals surface area contributed by atoms with Gasteiger partial charge in [0.15, 0.2) is 0 Å². The number of hydrogen-bond donors (Lipinski definition) is 1. The van der Waals surface area contributed by atoms with Gasteiger partial charge in [0.25, 0.3) is 0 Å². The van der Waals surface area contributed by atoms with Crippen LogP contribution in [0, 0.1) is 0 Å². The summed E-state index contributed by atoms with van der Waals surface area (Å²) >= 11 is 2.10. The molecule has 0 atom stereocenters. The van der Waals surface area contributed by atoms with Crippen molar-refractivity contribution in [3.05, 3.63) is 29.8 Å². The lowest BCUT2D eigenvalue weighted by atomic mass is 10.0. The van der Waals surface area contributed by atoms with E-state index in [1.165, 1.54) is 55.4 Å². The van der Waals surface area contributed by atoms with Gasteiger partial charge in [0.05, 0.1) is 0 Å². The van der Waals surface area contributed by atoms with E-state index in [1.54, 1.807) is 0 Å². The Hall–Kier alpha value is -0.470. The maximum atomic E-state index is 3.59. The van der Waals surface area contributed by atoms with Crippen LogP contribution in [0.2, 0.25) is 0 Å². The zero-order valence-corrected chi connectivity index (χ0v) is 11.8. The van der Waals surface area contributed by atoms with Crippen LogP contribution in [0.15, 0.2) is 29.2 Å². The molecule has 0 radical (unpaired) electrons. The lowest BCUT2D eigenvalue weighted by Crippen LogP contribution is -2.15. The van der Waals surface area contributed by atoms with Gasteiger partial charge in [0, 0.05) is 22.7 Å². The molecule has 2 aliphatic carbocycles. The van der Waals surface area contributed by atoms with Crippen molar-refractivity contribution in [2.24, 2.45) is 0 Å². The third-order valence-electron chi connectivity index (χ3n) is 3.93. The molecule has 0 bridgehead atoms. The first-order valence-corrected chi connectivity index (χ1v) is 8.27. The lowest BCUT2D eigenvalue weighted by molar-refractivity contribution is 0.516. The van der Waals surface area contributed by atoms with E-state index in [0.717, 1.165) is 17.8 Å². The molecule has 3 rings (SSSR count). The molecule has 0 aromatic heterocycles. The molecular weight excluding hydrogens is 238 g/mol. The number of thioether (sulfide) groups is 1. The number of benzene rings is 1. The Morgan fingerprint density at radius 3 is 2.67 bits per heavy atom. The Balaban J connectivity index is 1.55. The Kier molecular flexibility index (Phi) is 4.27. The molecule has 0 spiro atoms. The molecule has 18 heavy (non-hydrogen) atoms. The second-order valence-corrected chi connectivity index (χ2v) is 7.05. The van der Waals surface area contributed by atoms with Crippen LogP contribution in [-0.4, -0.2) is 11.3 Å². The van der Waals surface area contributed by atoms with Crippen molar-refractivity contribution >= 4 is 11.8 Å². The van der Waals surface area contributed by atoms with Crippen molar-refractivity contribution in [2.75, 3.05) is 0 Å². The maximum Gasteiger partial charge on any atom is 0.0208 e. The summed E-state index contributed by atoms with van der Waals surface area (Å²) in [6.07, 6.45) is 9.88. The predicted molar refractivity (Wildman–Crippen MR) is 79.0 cm³/mol. The summed E-state index contributed by atoms with van der Waals surface area (Å²) < 4.78 is 0. The Morgan fingerprint density at radius 2 is 1.89 bits per heavy atom. The standard InChI is InChI=1S/C16H23NS/c1-2-6-15(7-3-1)18-16-8-4-5-13(11-16)12-17-14-9-10-14/h4-5,8,11,14-15,17H,1-3,6-7,9-10,12H2. The minimum Gasteiger partial charge on any atom is -0.310 e. The number of hydrogen-bond acceptors (Lipinski definition) is 2. The summed E-state index contributed by atoms with van der Waals surface area (Å²) in [4.78, 5) is 1.47. The molecule has 2 saturated carbocycles. The Labute approximate surface area is 115 Å². The van der Waals surface area contributed by atoms with Gasteiger partial charge in [-0.1, -0.05) is 31.4 Å². The van der Waals surface area contributed by atoms with E-state index >= 15 is 0 Å². The van der Waals surface area contributed by atoms with Gasteiger partial charge in [-0.2, -0.15) is 0 Å². The summed E-state index contributed by atoms with van der Waals surface area (Å²) in [5, 5.41) is 4.46. The normalized spacial score (nSPS) is 21.1. The van der Waals surface area contributed by atoms with Crippen molar-refractivity contribution in [3.63, 3.8) is 0 Å². The second kappa shape index (κ2) is 6.12. The molecular formula is C16H23NS.